The van der Waals surface area contributed by atoms with E-state index in [4.69, 9.17) is 22.4 Å². The number of nitrogens with two attached hydrogens (primary N) is 1. The van der Waals surface area contributed by atoms with Crippen molar-refractivity contribution in [3.63, 3.8) is 0 Å². The maximum absolute atomic E-state index is 8.99. The van der Waals surface area contributed by atoms with Gasteiger partial charge in [-0.1, -0.05) is 17.7 Å². The molecule has 0 amide bonds. The Balaban J connectivity index is 2.90. The van der Waals surface area contributed by atoms with Gasteiger partial charge in [0, 0.05) is 5.02 Å². The molecule has 0 heterocycles. The van der Waals surface area contributed by atoms with E-state index in [0.717, 1.165) is 12.0 Å². The molecule has 0 aromatic heterocycles. The second-order valence-electron chi connectivity index (χ2n) is 2.31. The lowest BCUT2D eigenvalue weighted by Gasteiger charge is -2.01. The number of rotatable bonds is 2. The van der Waals surface area contributed by atoms with Gasteiger partial charge < -0.3 is 10.8 Å². The summed E-state index contributed by atoms with van der Waals surface area (Å²) in [5.41, 5.74) is 6.33. The average Bonchev–Trinajstić information content (AvgIpc) is 1.95. The normalized spacial score (nSPS) is 10.0. The Hall–Kier alpha value is -0.730. The van der Waals surface area contributed by atoms with Crippen LogP contribution in [0.2, 0.25) is 5.02 Å². The minimum absolute atomic E-state index is 0.191. The summed E-state index contributed by atoms with van der Waals surface area (Å²) in [6, 6.07) is 4.91. The van der Waals surface area contributed by atoms with Crippen molar-refractivity contribution in [1.29, 1.82) is 0 Å². The average molecular weight is 172 g/mol. The summed E-state index contributed by atoms with van der Waals surface area (Å²) in [6.07, 6.45) is 0.749. The maximum atomic E-state index is 8.99. The predicted molar refractivity (Wildman–Crippen MR) is 45.9 cm³/mol. The molecule has 60 valence electrons. The molecule has 0 unspecified atom stereocenters. The van der Waals surface area contributed by atoms with Gasteiger partial charge >= 0.3 is 0 Å². The predicted octanol–water partition coefficient (Wildman–Crippen LogP) is 1.55. The third-order valence-electron chi connectivity index (χ3n) is 1.45. The highest BCUT2D eigenvalue weighted by atomic mass is 35.5. The van der Waals surface area contributed by atoms with Crippen molar-refractivity contribution in [3.05, 3.63) is 28.8 Å². The Morgan fingerprint density at radius 2 is 2.18 bits per heavy atom. The van der Waals surface area contributed by atoms with Crippen LogP contribution in [0.1, 0.15) is 5.56 Å². The highest BCUT2D eigenvalue weighted by Gasteiger charge is 1.98. The molecular formula is C8H10ClNO. The summed E-state index contributed by atoms with van der Waals surface area (Å²) in [4.78, 5) is 0. The standard InChI is InChI=1S/C8H10ClNO/c9-8-5-7(11)2-1-6(8)3-4-10/h1-2,5,11H,3-4,10H2. The topological polar surface area (TPSA) is 46.2 Å². The lowest BCUT2D eigenvalue weighted by Crippen LogP contribution is -2.02. The molecule has 0 fully saturated rings. The number of halogens is 1. The largest absolute Gasteiger partial charge is 0.508 e. The van der Waals surface area contributed by atoms with Crippen LogP contribution >= 0.6 is 11.6 Å². The first-order valence-corrected chi connectivity index (χ1v) is 3.79. The zero-order valence-corrected chi connectivity index (χ0v) is 6.80. The van der Waals surface area contributed by atoms with Crippen LogP contribution < -0.4 is 5.73 Å². The minimum Gasteiger partial charge on any atom is -0.508 e. The molecule has 0 aliphatic carbocycles. The first-order chi connectivity index (χ1) is 5.24. The van der Waals surface area contributed by atoms with Gasteiger partial charge in [-0.2, -0.15) is 0 Å². The van der Waals surface area contributed by atoms with Gasteiger partial charge in [-0.15, -0.1) is 0 Å². The van der Waals surface area contributed by atoms with Gasteiger partial charge in [0.05, 0.1) is 0 Å². The van der Waals surface area contributed by atoms with Crippen LogP contribution in [0.5, 0.6) is 5.75 Å². The van der Waals surface area contributed by atoms with Crippen LogP contribution in [0, 0.1) is 0 Å². The number of hydrogen-bond donors (Lipinski definition) is 2. The number of aromatic hydroxyl groups is 1. The van der Waals surface area contributed by atoms with Crippen LogP contribution in [0.4, 0.5) is 0 Å². The highest BCUT2D eigenvalue weighted by molar-refractivity contribution is 6.31. The maximum Gasteiger partial charge on any atom is 0.117 e. The van der Waals surface area contributed by atoms with E-state index in [-0.39, 0.29) is 5.75 Å². The fourth-order valence-corrected chi connectivity index (χ4v) is 1.16. The molecule has 2 nitrogen and oxygen atoms in total. The summed E-state index contributed by atoms with van der Waals surface area (Å²) < 4.78 is 0. The zero-order chi connectivity index (χ0) is 8.27. The van der Waals surface area contributed by atoms with Gasteiger partial charge in [0.1, 0.15) is 5.75 Å². The molecule has 1 aromatic rings. The van der Waals surface area contributed by atoms with Gasteiger partial charge in [0.25, 0.3) is 0 Å². The molecule has 0 radical (unpaired) electrons. The molecule has 0 saturated heterocycles. The third kappa shape index (κ3) is 2.10. The van der Waals surface area contributed by atoms with E-state index in [9.17, 15) is 0 Å². The Morgan fingerprint density at radius 1 is 1.45 bits per heavy atom. The minimum atomic E-state index is 0.191. The van der Waals surface area contributed by atoms with Gasteiger partial charge in [-0.3, -0.25) is 0 Å². The van der Waals surface area contributed by atoms with Gasteiger partial charge in [-0.25, -0.2) is 0 Å². The van der Waals surface area contributed by atoms with Crippen LogP contribution in [0.15, 0.2) is 18.2 Å². The molecule has 0 spiro atoms. The van der Waals surface area contributed by atoms with E-state index in [0.29, 0.717) is 11.6 Å². The number of benzene rings is 1. The van der Waals surface area contributed by atoms with E-state index in [1.807, 2.05) is 0 Å². The molecule has 1 aromatic carbocycles. The van der Waals surface area contributed by atoms with Crippen molar-refractivity contribution in [3.8, 4) is 5.75 Å². The van der Waals surface area contributed by atoms with Crippen LogP contribution in [0.25, 0.3) is 0 Å². The van der Waals surface area contributed by atoms with Gasteiger partial charge in [0.2, 0.25) is 0 Å². The lowest BCUT2D eigenvalue weighted by molar-refractivity contribution is 0.475. The molecule has 3 heteroatoms. The highest BCUT2D eigenvalue weighted by Crippen LogP contribution is 2.21. The monoisotopic (exact) mass is 171 g/mol. The molecular weight excluding hydrogens is 162 g/mol. The molecule has 1 rings (SSSR count). The fourth-order valence-electron chi connectivity index (χ4n) is 0.894. The van der Waals surface area contributed by atoms with Crippen molar-refractivity contribution in [2.45, 2.75) is 6.42 Å². The molecule has 0 atom stereocenters. The van der Waals surface area contributed by atoms with Crippen LogP contribution in [-0.2, 0) is 6.42 Å². The molecule has 0 aliphatic rings. The van der Waals surface area contributed by atoms with E-state index < -0.39 is 0 Å². The Labute approximate surface area is 70.6 Å². The Morgan fingerprint density at radius 3 is 2.73 bits per heavy atom. The van der Waals surface area contributed by atoms with Gasteiger partial charge in [0.15, 0.2) is 0 Å². The van der Waals surface area contributed by atoms with Crippen molar-refractivity contribution < 1.29 is 5.11 Å². The number of hydrogen-bond acceptors (Lipinski definition) is 2. The first-order valence-electron chi connectivity index (χ1n) is 3.41. The molecule has 11 heavy (non-hydrogen) atoms. The second kappa shape index (κ2) is 3.60. The summed E-state index contributed by atoms with van der Waals surface area (Å²) in [7, 11) is 0. The Kier molecular flexibility index (Phi) is 2.74. The second-order valence-corrected chi connectivity index (χ2v) is 2.72. The third-order valence-corrected chi connectivity index (χ3v) is 1.80. The fraction of sp³-hybridized carbons (Fsp3) is 0.250. The zero-order valence-electron chi connectivity index (χ0n) is 6.05. The van der Waals surface area contributed by atoms with E-state index in [1.54, 1.807) is 12.1 Å². The first kappa shape index (κ1) is 8.37. The van der Waals surface area contributed by atoms with Gasteiger partial charge in [-0.05, 0) is 30.7 Å². The van der Waals surface area contributed by atoms with E-state index >= 15 is 0 Å². The number of phenolic OH excluding ortho intramolecular Hbond substituents is 1. The molecule has 3 N–H and O–H groups in total. The van der Waals surface area contributed by atoms with Crippen molar-refractivity contribution >= 4 is 11.6 Å². The van der Waals surface area contributed by atoms with E-state index in [1.165, 1.54) is 6.07 Å². The summed E-state index contributed by atoms with van der Waals surface area (Å²) in [5, 5.41) is 9.57. The van der Waals surface area contributed by atoms with Crippen LogP contribution in [0.3, 0.4) is 0 Å². The summed E-state index contributed by atoms with van der Waals surface area (Å²) in [6.45, 7) is 0.574. The summed E-state index contributed by atoms with van der Waals surface area (Å²) >= 11 is 5.79. The Bertz CT molecular complexity index is 250. The molecule has 0 bridgehead atoms. The van der Waals surface area contributed by atoms with Crippen molar-refractivity contribution in [2.24, 2.45) is 5.73 Å². The number of phenols is 1. The molecule has 0 saturated carbocycles. The van der Waals surface area contributed by atoms with Crippen molar-refractivity contribution in [1.82, 2.24) is 0 Å². The van der Waals surface area contributed by atoms with E-state index in [2.05, 4.69) is 0 Å². The lowest BCUT2D eigenvalue weighted by atomic mass is 10.1. The summed E-state index contributed by atoms with van der Waals surface area (Å²) in [5.74, 6) is 0.191. The SMILES string of the molecule is NCCc1ccc(O)cc1Cl. The smallest absolute Gasteiger partial charge is 0.117 e. The van der Waals surface area contributed by atoms with Crippen LogP contribution in [-0.4, -0.2) is 11.7 Å². The molecule has 0 aliphatic heterocycles. The quantitative estimate of drug-likeness (QED) is 0.709. The van der Waals surface area contributed by atoms with Crippen molar-refractivity contribution in [2.75, 3.05) is 6.54 Å².